The van der Waals surface area contributed by atoms with E-state index >= 15 is 0 Å². The first-order chi connectivity index (χ1) is 13.6. The maximum absolute atomic E-state index is 13.1. The third-order valence-electron chi connectivity index (χ3n) is 4.92. The Morgan fingerprint density at radius 2 is 1.89 bits per heavy atom. The monoisotopic (exact) mass is 402 g/mol. The molecule has 4 rings (SSSR count). The van der Waals surface area contributed by atoms with E-state index in [0.29, 0.717) is 39.4 Å². The van der Waals surface area contributed by atoms with Gasteiger partial charge in [0.15, 0.2) is 11.5 Å². The van der Waals surface area contributed by atoms with E-state index in [-0.39, 0.29) is 18.1 Å². The first kappa shape index (κ1) is 19.1. The number of carbonyl (C=O) groups excluding carboxylic acids is 1. The minimum absolute atomic E-state index is 0.0627. The second-order valence-electron chi connectivity index (χ2n) is 7.32. The zero-order chi connectivity index (χ0) is 19.5. The first-order valence-corrected chi connectivity index (χ1v) is 10.6. The molecular weight excluding hydrogens is 376 g/mol. The summed E-state index contributed by atoms with van der Waals surface area (Å²) in [5, 5.41) is 2.06. The lowest BCUT2D eigenvalue weighted by atomic mass is 10.2. The largest absolute Gasteiger partial charge is 0.486 e. The van der Waals surface area contributed by atoms with Gasteiger partial charge < -0.3 is 24.0 Å². The number of nitrogens with zero attached hydrogens (tertiary/aromatic N) is 2. The molecule has 1 aromatic carbocycles. The minimum atomic E-state index is 0.0627. The van der Waals surface area contributed by atoms with Crippen molar-refractivity contribution in [2.75, 3.05) is 37.7 Å². The standard InChI is InChI=1S/C21H26N2O4S/c1-15-11-23(12-16(2)27-15)21(24)14-22(13-18-4-3-9-28-18)17-5-6-19-20(10-17)26-8-7-25-19/h3-6,9-10,15-16H,7-8,11-14H2,1-2H3/t15-,16-/m1/s1. The van der Waals surface area contributed by atoms with Crippen LogP contribution in [0, 0.1) is 0 Å². The Labute approximate surface area is 169 Å². The van der Waals surface area contributed by atoms with Crippen molar-refractivity contribution in [2.24, 2.45) is 0 Å². The van der Waals surface area contributed by atoms with E-state index in [1.165, 1.54) is 4.88 Å². The van der Waals surface area contributed by atoms with Crippen LogP contribution in [0.2, 0.25) is 0 Å². The van der Waals surface area contributed by atoms with Crippen LogP contribution in [0.15, 0.2) is 35.7 Å². The number of amides is 1. The lowest BCUT2D eigenvalue weighted by molar-refractivity contribution is -0.141. The molecular formula is C21H26N2O4S. The number of benzene rings is 1. The summed E-state index contributed by atoms with van der Waals surface area (Å²) < 4.78 is 17.1. The van der Waals surface area contributed by atoms with Crippen molar-refractivity contribution in [3.8, 4) is 11.5 Å². The molecule has 0 saturated carbocycles. The minimum Gasteiger partial charge on any atom is -0.486 e. The van der Waals surface area contributed by atoms with Crippen LogP contribution in [0.4, 0.5) is 5.69 Å². The van der Waals surface area contributed by atoms with Crippen molar-refractivity contribution in [3.05, 3.63) is 40.6 Å². The number of anilines is 1. The predicted molar refractivity (Wildman–Crippen MR) is 109 cm³/mol. The van der Waals surface area contributed by atoms with Gasteiger partial charge in [-0.25, -0.2) is 0 Å². The lowest BCUT2D eigenvalue weighted by Crippen LogP contribution is -2.51. The molecule has 1 fully saturated rings. The molecule has 0 spiro atoms. The predicted octanol–water partition coefficient (Wildman–Crippen LogP) is 3.16. The van der Waals surface area contributed by atoms with Crippen molar-refractivity contribution in [2.45, 2.75) is 32.6 Å². The summed E-state index contributed by atoms with van der Waals surface area (Å²) in [5.41, 5.74) is 0.959. The van der Waals surface area contributed by atoms with Gasteiger partial charge in [0.2, 0.25) is 5.91 Å². The fraction of sp³-hybridized carbons (Fsp3) is 0.476. The molecule has 1 saturated heterocycles. The highest BCUT2D eigenvalue weighted by atomic mass is 32.1. The van der Waals surface area contributed by atoms with E-state index in [4.69, 9.17) is 14.2 Å². The van der Waals surface area contributed by atoms with Gasteiger partial charge in [-0.2, -0.15) is 0 Å². The third kappa shape index (κ3) is 4.42. The highest BCUT2D eigenvalue weighted by Gasteiger charge is 2.27. The smallest absolute Gasteiger partial charge is 0.242 e. The molecule has 2 aliphatic heterocycles. The van der Waals surface area contributed by atoms with Crippen molar-refractivity contribution >= 4 is 22.9 Å². The highest BCUT2D eigenvalue weighted by molar-refractivity contribution is 7.09. The van der Waals surface area contributed by atoms with Crippen LogP contribution in [0.25, 0.3) is 0 Å². The third-order valence-corrected chi connectivity index (χ3v) is 5.78. The Kier molecular flexibility index (Phi) is 5.73. The zero-order valence-electron chi connectivity index (χ0n) is 16.3. The number of carbonyl (C=O) groups is 1. The van der Waals surface area contributed by atoms with Crippen LogP contribution in [0.3, 0.4) is 0 Å². The Bertz CT molecular complexity index is 801. The molecule has 2 atom stereocenters. The van der Waals surface area contributed by atoms with E-state index in [0.717, 1.165) is 17.2 Å². The average molecular weight is 403 g/mol. The summed E-state index contributed by atoms with van der Waals surface area (Å²) in [6.07, 6.45) is 0.125. The number of ether oxygens (including phenoxy) is 3. The van der Waals surface area contributed by atoms with Gasteiger partial charge in [-0.1, -0.05) is 6.07 Å². The van der Waals surface area contributed by atoms with Crippen LogP contribution >= 0.6 is 11.3 Å². The average Bonchev–Trinajstić information content (AvgIpc) is 3.19. The second-order valence-corrected chi connectivity index (χ2v) is 8.35. The molecule has 2 aromatic rings. The molecule has 6 nitrogen and oxygen atoms in total. The van der Waals surface area contributed by atoms with Crippen molar-refractivity contribution < 1.29 is 19.0 Å². The molecule has 0 radical (unpaired) electrons. The Morgan fingerprint density at radius 1 is 1.14 bits per heavy atom. The molecule has 2 aliphatic rings. The molecule has 150 valence electrons. The van der Waals surface area contributed by atoms with Crippen LogP contribution in [-0.2, 0) is 16.1 Å². The van der Waals surface area contributed by atoms with Crippen LogP contribution in [-0.4, -0.2) is 55.9 Å². The fourth-order valence-electron chi connectivity index (χ4n) is 3.70. The Hall–Kier alpha value is -2.25. The van der Waals surface area contributed by atoms with Gasteiger partial charge >= 0.3 is 0 Å². The van der Waals surface area contributed by atoms with E-state index in [1.807, 2.05) is 43.0 Å². The normalized spacial score (nSPS) is 21.4. The van der Waals surface area contributed by atoms with Crippen LogP contribution < -0.4 is 14.4 Å². The van der Waals surface area contributed by atoms with Crippen LogP contribution in [0.1, 0.15) is 18.7 Å². The topological polar surface area (TPSA) is 51.2 Å². The van der Waals surface area contributed by atoms with Gasteiger partial charge in [0, 0.05) is 29.7 Å². The van der Waals surface area contributed by atoms with Gasteiger partial charge in [-0.3, -0.25) is 4.79 Å². The molecule has 1 aromatic heterocycles. The van der Waals surface area contributed by atoms with Gasteiger partial charge in [-0.15, -0.1) is 11.3 Å². The Morgan fingerprint density at radius 3 is 2.61 bits per heavy atom. The summed E-state index contributed by atoms with van der Waals surface area (Å²) in [5.74, 6) is 1.61. The van der Waals surface area contributed by atoms with Gasteiger partial charge in [0.25, 0.3) is 0 Å². The molecule has 1 amide bonds. The number of fused-ring (bicyclic) bond motifs is 1. The molecule has 0 unspecified atom stereocenters. The number of thiophene rings is 1. The fourth-order valence-corrected chi connectivity index (χ4v) is 4.42. The molecule has 0 bridgehead atoms. The molecule has 0 aliphatic carbocycles. The van der Waals surface area contributed by atoms with Gasteiger partial charge in [0.05, 0.1) is 25.3 Å². The molecule has 7 heteroatoms. The van der Waals surface area contributed by atoms with E-state index < -0.39 is 0 Å². The number of morpholine rings is 1. The van der Waals surface area contributed by atoms with E-state index in [1.54, 1.807) is 11.3 Å². The van der Waals surface area contributed by atoms with Gasteiger partial charge in [-0.05, 0) is 37.4 Å². The maximum atomic E-state index is 13.1. The SMILES string of the molecule is C[C@@H]1CN(C(=O)CN(Cc2cccs2)c2ccc3c(c2)OCCO3)C[C@@H](C)O1. The zero-order valence-corrected chi connectivity index (χ0v) is 17.1. The summed E-state index contributed by atoms with van der Waals surface area (Å²) in [6, 6.07) is 10.0. The highest BCUT2D eigenvalue weighted by Crippen LogP contribution is 2.34. The van der Waals surface area contributed by atoms with Crippen molar-refractivity contribution in [1.82, 2.24) is 4.90 Å². The van der Waals surface area contributed by atoms with Crippen LogP contribution in [0.5, 0.6) is 11.5 Å². The lowest BCUT2D eigenvalue weighted by Gasteiger charge is -2.37. The number of rotatable bonds is 5. The van der Waals surface area contributed by atoms with Crippen molar-refractivity contribution in [3.63, 3.8) is 0 Å². The molecule has 0 N–H and O–H groups in total. The number of hydrogen-bond donors (Lipinski definition) is 0. The van der Waals surface area contributed by atoms with Crippen molar-refractivity contribution in [1.29, 1.82) is 0 Å². The summed E-state index contributed by atoms with van der Waals surface area (Å²) in [4.78, 5) is 18.3. The summed E-state index contributed by atoms with van der Waals surface area (Å²) in [6.45, 7) is 7.41. The first-order valence-electron chi connectivity index (χ1n) is 9.68. The van der Waals surface area contributed by atoms with E-state index in [2.05, 4.69) is 16.3 Å². The molecule has 28 heavy (non-hydrogen) atoms. The summed E-state index contributed by atoms with van der Waals surface area (Å²) >= 11 is 1.70. The van der Waals surface area contributed by atoms with Gasteiger partial charge in [0.1, 0.15) is 13.2 Å². The summed E-state index contributed by atoms with van der Waals surface area (Å²) in [7, 11) is 0. The Balaban J connectivity index is 1.54. The second kappa shape index (κ2) is 8.41. The quantitative estimate of drug-likeness (QED) is 0.769. The molecule has 3 heterocycles. The maximum Gasteiger partial charge on any atom is 0.242 e. The number of hydrogen-bond acceptors (Lipinski definition) is 6. The van der Waals surface area contributed by atoms with E-state index in [9.17, 15) is 4.79 Å².